The number of benzene rings is 1. The largest absolute Gasteiger partial charge is 0.452 e. The third-order valence-electron chi connectivity index (χ3n) is 3.45. The summed E-state index contributed by atoms with van der Waals surface area (Å²) in [5.41, 5.74) is 2.98. The average molecular weight is 320 g/mol. The Balaban J connectivity index is 1.47. The van der Waals surface area contributed by atoms with Crippen LogP contribution >= 0.6 is 11.3 Å². The summed E-state index contributed by atoms with van der Waals surface area (Å²) in [6.45, 7) is 0.922. The number of thiazole rings is 1. The second kappa shape index (κ2) is 6.85. The summed E-state index contributed by atoms with van der Waals surface area (Å²) in [7, 11) is 0. The van der Waals surface area contributed by atoms with Crippen molar-refractivity contribution < 1.29 is 19.1 Å². The molecule has 1 saturated heterocycles. The van der Waals surface area contributed by atoms with E-state index in [-0.39, 0.29) is 18.6 Å². The van der Waals surface area contributed by atoms with Crippen LogP contribution in [0.2, 0.25) is 0 Å². The lowest BCUT2D eigenvalue weighted by molar-refractivity contribution is -0.124. The first-order valence-corrected chi connectivity index (χ1v) is 7.99. The molecule has 0 spiro atoms. The monoisotopic (exact) mass is 320 g/mol. The number of nitrogens with one attached hydrogen (secondary N) is 1. The van der Waals surface area contributed by atoms with Crippen molar-refractivity contribution >= 4 is 33.4 Å². The van der Waals surface area contributed by atoms with Crippen LogP contribution in [0, 0.1) is 0 Å². The van der Waals surface area contributed by atoms with Crippen LogP contribution in [0.4, 0.5) is 0 Å². The molecule has 2 heterocycles. The molecule has 1 aromatic carbocycles. The van der Waals surface area contributed by atoms with E-state index in [1.807, 2.05) is 0 Å². The molecular formula is C15H16N2O4S. The zero-order chi connectivity index (χ0) is 15.4. The Morgan fingerprint density at radius 3 is 3.18 bits per heavy atom. The van der Waals surface area contributed by atoms with Gasteiger partial charge in [0.05, 0.1) is 27.4 Å². The number of ether oxygens (including phenoxy) is 2. The van der Waals surface area contributed by atoms with Crippen molar-refractivity contribution in [3.05, 3.63) is 29.3 Å². The first kappa shape index (κ1) is 14.9. The molecule has 1 fully saturated rings. The van der Waals surface area contributed by atoms with Crippen molar-refractivity contribution in [2.45, 2.75) is 18.9 Å². The molecule has 0 saturated carbocycles. The van der Waals surface area contributed by atoms with Gasteiger partial charge in [0.25, 0.3) is 5.91 Å². The number of rotatable bonds is 5. The number of esters is 1. The molecule has 1 aliphatic rings. The van der Waals surface area contributed by atoms with Crippen LogP contribution in [0.15, 0.2) is 23.7 Å². The van der Waals surface area contributed by atoms with Crippen molar-refractivity contribution in [1.29, 1.82) is 0 Å². The van der Waals surface area contributed by atoms with Gasteiger partial charge in [-0.3, -0.25) is 4.79 Å². The molecule has 0 radical (unpaired) electrons. The Bertz CT molecular complexity index is 679. The van der Waals surface area contributed by atoms with Gasteiger partial charge in [-0.05, 0) is 31.0 Å². The van der Waals surface area contributed by atoms with Crippen LogP contribution in [-0.2, 0) is 14.3 Å². The molecule has 3 rings (SSSR count). The van der Waals surface area contributed by atoms with E-state index < -0.39 is 5.97 Å². The van der Waals surface area contributed by atoms with Gasteiger partial charge in [0.1, 0.15) is 0 Å². The zero-order valence-electron chi connectivity index (χ0n) is 11.9. The van der Waals surface area contributed by atoms with Crippen molar-refractivity contribution in [3.8, 4) is 0 Å². The molecule has 0 aliphatic carbocycles. The third kappa shape index (κ3) is 3.61. The first-order valence-electron chi connectivity index (χ1n) is 7.11. The van der Waals surface area contributed by atoms with Gasteiger partial charge in [-0.25, -0.2) is 9.78 Å². The lowest BCUT2D eigenvalue weighted by Crippen LogP contribution is -2.34. The molecule has 1 amide bonds. The van der Waals surface area contributed by atoms with E-state index in [9.17, 15) is 9.59 Å². The summed E-state index contributed by atoms with van der Waals surface area (Å²) in [6, 6.07) is 5.13. The number of hydrogen-bond donors (Lipinski definition) is 1. The van der Waals surface area contributed by atoms with Gasteiger partial charge in [0.2, 0.25) is 0 Å². The highest BCUT2D eigenvalue weighted by molar-refractivity contribution is 7.16. The standard InChI is InChI=1S/C15H16N2O4S/c18-14(16-7-11-2-1-5-20-11)8-21-15(19)10-3-4-12-13(6-10)22-9-17-12/h3-4,6,9,11H,1-2,5,7-8H2,(H,16,18). The predicted octanol–water partition coefficient (Wildman–Crippen LogP) is 1.75. The number of carbonyl (C=O) groups excluding carboxylic acids is 2. The van der Waals surface area contributed by atoms with E-state index in [1.54, 1.807) is 23.7 Å². The second-order valence-electron chi connectivity index (χ2n) is 5.05. The Morgan fingerprint density at radius 1 is 1.45 bits per heavy atom. The van der Waals surface area contributed by atoms with Gasteiger partial charge < -0.3 is 14.8 Å². The minimum atomic E-state index is -0.512. The normalized spacial score (nSPS) is 17.5. The Morgan fingerprint density at radius 2 is 2.36 bits per heavy atom. The van der Waals surface area contributed by atoms with E-state index in [1.165, 1.54) is 11.3 Å². The smallest absolute Gasteiger partial charge is 0.338 e. The van der Waals surface area contributed by atoms with E-state index in [0.717, 1.165) is 29.7 Å². The fraction of sp³-hybridized carbons (Fsp3) is 0.400. The topological polar surface area (TPSA) is 77.5 Å². The van der Waals surface area contributed by atoms with Gasteiger partial charge in [0, 0.05) is 13.2 Å². The highest BCUT2D eigenvalue weighted by atomic mass is 32.1. The highest BCUT2D eigenvalue weighted by Crippen LogP contribution is 2.19. The number of nitrogens with zero attached hydrogens (tertiary/aromatic N) is 1. The second-order valence-corrected chi connectivity index (χ2v) is 5.94. The summed E-state index contributed by atoms with van der Waals surface area (Å²) in [5.74, 6) is -0.828. The molecule has 0 bridgehead atoms. The molecule has 6 nitrogen and oxygen atoms in total. The molecule has 1 aliphatic heterocycles. The number of amides is 1. The number of fused-ring (bicyclic) bond motifs is 1. The van der Waals surface area contributed by atoms with Gasteiger partial charge in [-0.15, -0.1) is 11.3 Å². The summed E-state index contributed by atoms with van der Waals surface area (Å²) in [6.07, 6.45) is 2.05. The third-order valence-corrected chi connectivity index (χ3v) is 4.24. The molecule has 22 heavy (non-hydrogen) atoms. The number of hydrogen-bond acceptors (Lipinski definition) is 6. The van der Waals surface area contributed by atoms with Gasteiger partial charge in [-0.1, -0.05) is 0 Å². The van der Waals surface area contributed by atoms with E-state index >= 15 is 0 Å². The van der Waals surface area contributed by atoms with Crippen LogP contribution in [0.1, 0.15) is 23.2 Å². The zero-order valence-corrected chi connectivity index (χ0v) is 12.7. The molecule has 7 heteroatoms. The highest BCUT2D eigenvalue weighted by Gasteiger charge is 2.17. The minimum Gasteiger partial charge on any atom is -0.452 e. The van der Waals surface area contributed by atoms with Gasteiger partial charge in [-0.2, -0.15) is 0 Å². The number of carbonyl (C=O) groups is 2. The van der Waals surface area contributed by atoms with Crippen LogP contribution in [0.5, 0.6) is 0 Å². The first-order chi connectivity index (χ1) is 10.7. The van der Waals surface area contributed by atoms with Gasteiger partial charge >= 0.3 is 5.97 Å². The summed E-state index contributed by atoms with van der Waals surface area (Å²) >= 11 is 1.45. The fourth-order valence-corrected chi connectivity index (χ4v) is 3.00. The fourth-order valence-electron chi connectivity index (χ4n) is 2.28. The summed E-state index contributed by atoms with van der Waals surface area (Å²) < 4.78 is 11.3. The van der Waals surface area contributed by atoms with Crippen LogP contribution in [-0.4, -0.2) is 42.7 Å². The molecule has 116 valence electrons. The Labute approximate surface area is 131 Å². The molecule has 1 atom stereocenters. The average Bonchev–Trinajstić information content (AvgIpc) is 3.20. The van der Waals surface area contributed by atoms with Gasteiger partial charge in [0.15, 0.2) is 6.61 Å². The Kier molecular flexibility index (Phi) is 4.65. The summed E-state index contributed by atoms with van der Waals surface area (Å²) in [4.78, 5) is 27.7. The van der Waals surface area contributed by atoms with Crippen molar-refractivity contribution in [2.24, 2.45) is 0 Å². The minimum absolute atomic E-state index is 0.0772. The van der Waals surface area contributed by atoms with Crippen LogP contribution < -0.4 is 5.32 Å². The number of aromatic nitrogens is 1. The van der Waals surface area contributed by atoms with Crippen molar-refractivity contribution in [3.63, 3.8) is 0 Å². The molecule has 1 unspecified atom stereocenters. The van der Waals surface area contributed by atoms with E-state index in [2.05, 4.69) is 10.3 Å². The Hall–Kier alpha value is -1.99. The molecule has 1 aromatic heterocycles. The predicted molar refractivity (Wildman–Crippen MR) is 81.9 cm³/mol. The molecular weight excluding hydrogens is 304 g/mol. The maximum Gasteiger partial charge on any atom is 0.338 e. The quantitative estimate of drug-likeness (QED) is 0.849. The lowest BCUT2D eigenvalue weighted by atomic mass is 10.2. The van der Waals surface area contributed by atoms with Crippen LogP contribution in [0.3, 0.4) is 0 Å². The van der Waals surface area contributed by atoms with Crippen molar-refractivity contribution in [1.82, 2.24) is 10.3 Å². The maximum absolute atomic E-state index is 11.9. The van der Waals surface area contributed by atoms with E-state index in [0.29, 0.717) is 12.1 Å². The lowest BCUT2D eigenvalue weighted by Gasteiger charge is -2.10. The van der Waals surface area contributed by atoms with Crippen molar-refractivity contribution in [2.75, 3.05) is 19.8 Å². The summed E-state index contributed by atoms with van der Waals surface area (Å²) in [5, 5.41) is 2.71. The molecule has 1 N–H and O–H groups in total. The maximum atomic E-state index is 11.9. The molecule has 2 aromatic rings. The SMILES string of the molecule is O=C(COC(=O)c1ccc2ncsc2c1)NCC1CCCO1. The van der Waals surface area contributed by atoms with Crippen LogP contribution in [0.25, 0.3) is 10.2 Å². The van der Waals surface area contributed by atoms with E-state index in [4.69, 9.17) is 9.47 Å².